The summed E-state index contributed by atoms with van der Waals surface area (Å²) in [6.45, 7) is 0.376. The Morgan fingerprint density at radius 2 is 2.04 bits per heavy atom. The highest BCUT2D eigenvalue weighted by atomic mass is 16.5. The molecule has 0 aliphatic carbocycles. The Morgan fingerprint density at radius 3 is 2.72 bits per heavy atom. The smallest absolute Gasteiger partial charge is 0.258 e. The van der Waals surface area contributed by atoms with E-state index in [1.807, 2.05) is 30.3 Å². The van der Waals surface area contributed by atoms with Crippen LogP contribution in [0.25, 0.3) is 0 Å². The molecule has 3 rings (SSSR count). The summed E-state index contributed by atoms with van der Waals surface area (Å²) in [6, 6.07) is 14.1. The summed E-state index contributed by atoms with van der Waals surface area (Å²) in [5.74, 6) is -0.260. The predicted octanol–water partition coefficient (Wildman–Crippen LogP) is 1.58. The van der Waals surface area contributed by atoms with Gasteiger partial charge in [0, 0.05) is 12.6 Å². The number of hydrogen-bond acceptors (Lipinski definition) is 4. The van der Waals surface area contributed by atoms with E-state index < -0.39 is 0 Å². The van der Waals surface area contributed by atoms with Crippen LogP contribution in [-0.4, -0.2) is 48.1 Å². The van der Waals surface area contributed by atoms with Crippen molar-refractivity contribution >= 4 is 11.8 Å². The number of piperazine rings is 1. The van der Waals surface area contributed by atoms with E-state index in [4.69, 9.17) is 4.74 Å². The summed E-state index contributed by atoms with van der Waals surface area (Å²) in [5, 5.41) is 13.0. The third-order valence-corrected chi connectivity index (χ3v) is 4.19. The van der Waals surface area contributed by atoms with Crippen molar-refractivity contribution in [2.75, 3.05) is 20.2 Å². The second-order valence-electron chi connectivity index (χ2n) is 6.02. The van der Waals surface area contributed by atoms with Crippen LogP contribution in [0.2, 0.25) is 0 Å². The van der Waals surface area contributed by atoms with Crippen molar-refractivity contribution < 1.29 is 19.4 Å². The molecule has 1 aliphatic heterocycles. The first-order valence-electron chi connectivity index (χ1n) is 8.06. The van der Waals surface area contributed by atoms with Gasteiger partial charge in [-0.15, -0.1) is 0 Å². The number of benzene rings is 2. The Balaban J connectivity index is 1.75. The molecule has 0 saturated carbocycles. The van der Waals surface area contributed by atoms with Crippen molar-refractivity contribution in [3.05, 3.63) is 59.7 Å². The zero-order valence-electron chi connectivity index (χ0n) is 13.9. The van der Waals surface area contributed by atoms with E-state index >= 15 is 0 Å². The Bertz CT molecular complexity index is 776. The van der Waals surface area contributed by atoms with Gasteiger partial charge < -0.3 is 20.1 Å². The fourth-order valence-corrected chi connectivity index (χ4v) is 2.98. The van der Waals surface area contributed by atoms with Crippen LogP contribution in [-0.2, 0) is 11.2 Å². The van der Waals surface area contributed by atoms with Gasteiger partial charge in [-0.1, -0.05) is 30.3 Å². The minimum atomic E-state index is -0.368. The van der Waals surface area contributed by atoms with E-state index in [2.05, 4.69) is 5.32 Å². The quantitative estimate of drug-likeness (QED) is 0.886. The maximum Gasteiger partial charge on any atom is 0.258 e. The molecule has 2 aromatic carbocycles. The number of nitrogens with zero attached hydrogens (tertiary/aromatic N) is 1. The van der Waals surface area contributed by atoms with Crippen LogP contribution in [0.15, 0.2) is 48.5 Å². The van der Waals surface area contributed by atoms with Gasteiger partial charge in [0.25, 0.3) is 5.91 Å². The molecule has 0 spiro atoms. The monoisotopic (exact) mass is 340 g/mol. The Morgan fingerprint density at radius 1 is 1.28 bits per heavy atom. The van der Waals surface area contributed by atoms with Crippen molar-refractivity contribution in [3.63, 3.8) is 0 Å². The van der Waals surface area contributed by atoms with E-state index in [0.29, 0.717) is 18.7 Å². The number of carbonyl (C=O) groups excluding carboxylic acids is 2. The number of ether oxygens (including phenoxy) is 1. The standard InChI is InChI=1S/C19H20N2O4/c1-25-15-7-8-16(17(22)10-15)19(24)21-11-14(20-18(23)12-21)9-13-5-3-2-4-6-13/h2-8,10,14,22H,9,11-12H2,1H3,(H,20,23)/t14-/m0/s1. The Hall–Kier alpha value is -3.02. The van der Waals surface area contributed by atoms with Crippen LogP contribution >= 0.6 is 0 Å². The van der Waals surface area contributed by atoms with Gasteiger partial charge in [0.15, 0.2) is 0 Å². The van der Waals surface area contributed by atoms with Gasteiger partial charge in [-0.3, -0.25) is 9.59 Å². The summed E-state index contributed by atoms with van der Waals surface area (Å²) in [4.78, 5) is 26.2. The highest BCUT2D eigenvalue weighted by Gasteiger charge is 2.29. The molecule has 0 bridgehead atoms. The summed E-state index contributed by atoms with van der Waals surface area (Å²) in [6.07, 6.45) is 0.644. The Labute approximate surface area is 146 Å². The molecular formula is C19H20N2O4. The maximum atomic E-state index is 12.7. The van der Waals surface area contributed by atoms with Crippen LogP contribution in [0.3, 0.4) is 0 Å². The van der Waals surface area contributed by atoms with Crippen molar-refractivity contribution in [1.82, 2.24) is 10.2 Å². The fourth-order valence-electron chi connectivity index (χ4n) is 2.98. The SMILES string of the molecule is COc1ccc(C(=O)N2CC(=O)N[C@@H](Cc3ccccc3)C2)c(O)c1. The van der Waals surface area contributed by atoms with Gasteiger partial charge in [0.2, 0.25) is 5.91 Å². The lowest BCUT2D eigenvalue weighted by atomic mass is 10.0. The lowest BCUT2D eigenvalue weighted by Crippen LogP contribution is -2.56. The summed E-state index contributed by atoms with van der Waals surface area (Å²) >= 11 is 0. The molecule has 1 saturated heterocycles. The number of phenolic OH excluding ortho intramolecular Hbond substituents is 1. The van der Waals surface area contributed by atoms with Crippen LogP contribution < -0.4 is 10.1 Å². The second kappa shape index (κ2) is 7.25. The molecule has 1 heterocycles. The third kappa shape index (κ3) is 3.91. The molecule has 1 fully saturated rings. The van der Waals surface area contributed by atoms with Crippen molar-refractivity contribution in [2.24, 2.45) is 0 Å². The second-order valence-corrected chi connectivity index (χ2v) is 6.02. The number of carbonyl (C=O) groups is 2. The van der Waals surface area contributed by atoms with Crippen LogP contribution in [0, 0.1) is 0 Å². The summed E-state index contributed by atoms with van der Waals surface area (Å²) < 4.78 is 5.03. The van der Waals surface area contributed by atoms with Gasteiger partial charge in [0.05, 0.1) is 25.3 Å². The topological polar surface area (TPSA) is 78.9 Å². The van der Waals surface area contributed by atoms with Crippen LogP contribution in [0.4, 0.5) is 0 Å². The molecule has 2 N–H and O–H groups in total. The molecule has 0 unspecified atom stereocenters. The molecule has 2 aromatic rings. The number of aromatic hydroxyl groups is 1. The number of phenols is 1. The van der Waals surface area contributed by atoms with Crippen LogP contribution in [0.1, 0.15) is 15.9 Å². The maximum absolute atomic E-state index is 12.7. The lowest BCUT2D eigenvalue weighted by molar-refractivity contribution is -0.124. The number of methoxy groups -OCH3 is 1. The van der Waals surface area contributed by atoms with Gasteiger partial charge in [-0.05, 0) is 24.1 Å². The van der Waals surface area contributed by atoms with Crippen molar-refractivity contribution in [3.8, 4) is 11.5 Å². The fraction of sp³-hybridized carbons (Fsp3) is 0.263. The third-order valence-electron chi connectivity index (χ3n) is 4.19. The van der Waals surface area contributed by atoms with Crippen molar-refractivity contribution in [1.29, 1.82) is 0 Å². The predicted molar refractivity (Wildman–Crippen MR) is 92.6 cm³/mol. The summed E-state index contributed by atoms with van der Waals surface area (Å²) in [7, 11) is 1.49. The summed E-state index contributed by atoms with van der Waals surface area (Å²) in [5.41, 5.74) is 1.25. The molecule has 1 atom stereocenters. The number of amides is 2. The largest absolute Gasteiger partial charge is 0.507 e. The van der Waals surface area contributed by atoms with E-state index in [1.54, 1.807) is 6.07 Å². The molecule has 2 amide bonds. The first-order chi connectivity index (χ1) is 12.1. The normalized spacial score (nSPS) is 17.1. The van der Waals surface area contributed by atoms with Gasteiger partial charge in [-0.2, -0.15) is 0 Å². The average Bonchev–Trinajstić information content (AvgIpc) is 2.61. The van der Waals surface area contributed by atoms with Gasteiger partial charge in [0.1, 0.15) is 11.5 Å². The zero-order valence-corrected chi connectivity index (χ0v) is 13.9. The minimum absolute atomic E-state index is 0.0183. The molecular weight excluding hydrogens is 320 g/mol. The minimum Gasteiger partial charge on any atom is -0.507 e. The van der Waals surface area contributed by atoms with E-state index in [-0.39, 0.29) is 35.7 Å². The molecule has 0 aromatic heterocycles. The van der Waals surface area contributed by atoms with E-state index in [1.165, 1.54) is 24.1 Å². The first kappa shape index (κ1) is 16.8. The zero-order chi connectivity index (χ0) is 17.8. The average molecular weight is 340 g/mol. The molecule has 6 heteroatoms. The van der Waals surface area contributed by atoms with E-state index in [9.17, 15) is 14.7 Å². The lowest BCUT2D eigenvalue weighted by Gasteiger charge is -2.33. The number of hydrogen-bond donors (Lipinski definition) is 2. The van der Waals surface area contributed by atoms with Crippen LogP contribution in [0.5, 0.6) is 11.5 Å². The number of rotatable bonds is 4. The van der Waals surface area contributed by atoms with Crippen molar-refractivity contribution in [2.45, 2.75) is 12.5 Å². The molecule has 25 heavy (non-hydrogen) atoms. The van der Waals surface area contributed by atoms with E-state index in [0.717, 1.165) is 5.56 Å². The van der Waals surface area contributed by atoms with Gasteiger partial charge in [-0.25, -0.2) is 0 Å². The Kier molecular flexibility index (Phi) is 4.88. The highest BCUT2D eigenvalue weighted by molar-refractivity contribution is 5.99. The molecule has 130 valence electrons. The highest BCUT2D eigenvalue weighted by Crippen LogP contribution is 2.25. The molecule has 6 nitrogen and oxygen atoms in total. The molecule has 0 radical (unpaired) electrons. The first-order valence-corrected chi connectivity index (χ1v) is 8.06. The van der Waals surface area contributed by atoms with Gasteiger partial charge >= 0.3 is 0 Å². The molecule has 1 aliphatic rings. The number of nitrogens with one attached hydrogen (secondary N) is 1.